The lowest BCUT2D eigenvalue weighted by atomic mass is 9.94. The number of nitrogens with zero attached hydrogens (tertiary/aromatic N) is 2. The normalized spacial score (nSPS) is 13.2. The van der Waals surface area contributed by atoms with Gasteiger partial charge < -0.3 is 10.9 Å². The van der Waals surface area contributed by atoms with Crippen LogP contribution in [0.1, 0.15) is 32.8 Å². The van der Waals surface area contributed by atoms with Gasteiger partial charge in [-0.25, -0.2) is 8.42 Å². The second-order valence-corrected chi connectivity index (χ2v) is 8.25. The van der Waals surface area contributed by atoms with Crippen LogP contribution in [-0.2, 0) is 10.0 Å². The van der Waals surface area contributed by atoms with Gasteiger partial charge in [0.1, 0.15) is 0 Å². The van der Waals surface area contributed by atoms with E-state index in [-0.39, 0.29) is 17.0 Å². The Morgan fingerprint density at radius 3 is 2.24 bits per heavy atom. The number of anilines is 1. The Bertz CT molecular complexity index is 601. The molecule has 3 N–H and O–H groups in total. The molecule has 0 amide bonds. The average molecular weight is 313 g/mol. The van der Waals surface area contributed by atoms with E-state index in [0.29, 0.717) is 17.7 Å². The predicted octanol–water partition coefficient (Wildman–Crippen LogP) is 1.98. The Balaban J connectivity index is 2.90. The Morgan fingerprint density at radius 2 is 1.81 bits per heavy atom. The number of amidine groups is 1. The van der Waals surface area contributed by atoms with E-state index >= 15 is 0 Å². The van der Waals surface area contributed by atoms with Gasteiger partial charge in [-0.3, -0.25) is 4.31 Å². The number of sulfonamides is 1. The van der Waals surface area contributed by atoms with Crippen LogP contribution in [0, 0.1) is 5.41 Å². The summed E-state index contributed by atoms with van der Waals surface area (Å²) in [6.07, 6.45) is 0.585. The maximum absolute atomic E-state index is 12.3. The van der Waals surface area contributed by atoms with Gasteiger partial charge in [0.25, 0.3) is 0 Å². The van der Waals surface area contributed by atoms with E-state index in [1.807, 2.05) is 20.8 Å². The first-order chi connectivity index (χ1) is 9.57. The lowest BCUT2D eigenvalue weighted by Gasteiger charge is -2.23. The highest BCUT2D eigenvalue weighted by molar-refractivity contribution is 7.92. The van der Waals surface area contributed by atoms with Crippen LogP contribution in [0.15, 0.2) is 29.4 Å². The van der Waals surface area contributed by atoms with Crippen LogP contribution in [0.25, 0.3) is 0 Å². The fourth-order valence-electron chi connectivity index (χ4n) is 1.63. The van der Waals surface area contributed by atoms with Crippen LogP contribution in [0.2, 0.25) is 0 Å². The van der Waals surface area contributed by atoms with Crippen LogP contribution < -0.4 is 10.0 Å². The van der Waals surface area contributed by atoms with E-state index in [2.05, 4.69) is 5.16 Å². The Kier molecular flexibility index (Phi) is 5.22. The molecule has 118 valence electrons. The van der Waals surface area contributed by atoms with E-state index in [1.165, 1.54) is 11.4 Å². The summed E-state index contributed by atoms with van der Waals surface area (Å²) in [5, 5.41) is 11.5. The van der Waals surface area contributed by atoms with E-state index in [9.17, 15) is 8.42 Å². The quantitative estimate of drug-likeness (QED) is 0.376. The number of benzene rings is 1. The first-order valence-electron chi connectivity index (χ1n) is 6.61. The smallest absolute Gasteiger partial charge is 0.234 e. The molecule has 0 saturated heterocycles. The van der Waals surface area contributed by atoms with Crippen molar-refractivity contribution in [2.45, 2.75) is 27.2 Å². The largest absolute Gasteiger partial charge is 0.409 e. The van der Waals surface area contributed by atoms with Gasteiger partial charge in [-0.2, -0.15) is 0 Å². The van der Waals surface area contributed by atoms with Gasteiger partial charge in [-0.15, -0.1) is 0 Å². The summed E-state index contributed by atoms with van der Waals surface area (Å²) in [4.78, 5) is 0. The maximum Gasteiger partial charge on any atom is 0.234 e. The first-order valence-corrected chi connectivity index (χ1v) is 8.22. The lowest BCUT2D eigenvalue weighted by Crippen LogP contribution is -2.30. The molecule has 0 aromatic heterocycles. The Labute approximate surface area is 126 Å². The fraction of sp³-hybridized carbons (Fsp3) is 0.500. The average Bonchev–Trinajstić information content (AvgIpc) is 2.43. The summed E-state index contributed by atoms with van der Waals surface area (Å²) in [7, 11) is -1.84. The molecule has 0 atom stereocenters. The minimum Gasteiger partial charge on any atom is -0.409 e. The van der Waals surface area contributed by atoms with Gasteiger partial charge >= 0.3 is 0 Å². The minimum atomic E-state index is -3.36. The zero-order chi connectivity index (χ0) is 16.3. The molecule has 21 heavy (non-hydrogen) atoms. The highest BCUT2D eigenvalue weighted by Gasteiger charge is 2.22. The Morgan fingerprint density at radius 1 is 1.29 bits per heavy atom. The molecule has 0 aliphatic heterocycles. The molecule has 0 aliphatic carbocycles. The molecule has 1 aromatic carbocycles. The molecule has 0 fully saturated rings. The first kappa shape index (κ1) is 17.3. The molecule has 7 heteroatoms. The molecular weight excluding hydrogens is 290 g/mol. The minimum absolute atomic E-state index is 0.0141. The molecule has 1 rings (SSSR count). The van der Waals surface area contributed by atoms with E-state index < -0.39 is 10.0 Å². The van der Waals surface area contributed by atoms with Gasteiger partial charge in [0.05, 0.1) is 11.4 Å². The molecule has 6 nitrogen and oxygen atoms in total. The Hall–Kier alpha value is -1.76. The van der Waals surface area contributed by atoms with Crippen molar-refractivity contribution >= 4 is 21.5 Å². The van der Waals surface area contributed by atoms with Crippen molar-refractivity contribution < 1.29 is 13.6 Å². The SMILES string of the molecule is CN(c1ccc(/C(N)=N/O)cc1)S(=O)(=O)CCC(C)(C)C. The van der Waals surface area contributed by atoms with Gasteiger partial charge in [0.15, 0.2) is 5.84 Å². The molecule has 1 aromatic rings. The van der Waals surface area contributed by atoms with Gasteiger partial charge in [-0.05, 0) is 36.1 Å². The number of nitrogens with two attached hydrogens (primary N) is 1. The summed E-state index contributed by atoms with van der Waals surface area (Å²) in [5.74, 6) is 0.0782. The van der Waals surface area contributed by atoms with Gasteiger partial charge in [0, 0.05) is 12.6 Å². The third-order valence-corrected chi connectivity index (χ3v) is 4.93. The second-order valence-electron chi connectivity index (χ2n) is 6.13. The van der Waals surface area contributed by atoms with Crippen LogP contribution in [0.5, 0.6) is 0 Å². The number of hydrogen-bond donors (Lipinski definition) is 2. The molecule has 0 spiro atoms. The molecule has 0 heterocycles. The lowest BCUT2D eigenvalue weighted by molar-refractivity contribution is 0.318. The van der Waals surface area contributed by atoms with E-state index in [4.69, 9.17) is 10.9 Å². The van der Waals surface area contributed by atoms with Gasteiger partial charge in [-0.1, -0.05) is 25.9 Å². The summed E-state index contributed by atoms with van der Waals surface area (Å²) in [6, 6.07) is 6.48. The van der Waals surface area contributed by atoms with E-state index in [1.54, 1.807) is 24.3 Å². The summed E-state index contributed by atoms with van der Waals surface area (Å²) < 4.78 is 25.8. The van der Waals surface area contributed by atoms with Crippen molar-refractivity contribution in [2.24, 2.45) is 16.3 Å². The van der Waals surface area contributed by atoms with E-state index in [0.717, 1.165) is 0 Å². The monoisotopic (exact) mass is 313 g/mol. The van der Waals surface area contributed by atoms with Crippen molar-refractivity contribution in [1.29, 1.82) is 0 Å². The molecular formula is C14H23N3O3S. The van der Waals surface area contributed by atoms with Crippen LogP contribution in [0.4, 0.5) is 5.69 Å². The highest BCUT2D eigenvalue weighted by atomic mass is 32.2. The number of hydrogen-bond acceptors (Lipinski definition) is 4. The van der Waals surface area contributed by atoms with Gasteiger partial charge in [0.2, 0.25) is 10.0 Å². The standard InChI is InChI=1S/C14H23N3O3S/c1-14(2,3)9-10-21(19,20)17(4)12-7-5-11(6-8-12)13(15)16-18/h5-8,18H,9-10H2,1-4H3,(H2,15,16). The predicted molar refractivity (Wildman–Crippen MR) is 85.2 cm³/mol. The number of rotatable bonds is 5. The molecule has 0 radical (unpaired) electrons. The zero-order valence-corrected chi connectivity index (χ0v) is 13.7. The highest BCUT2D eigenvalue weighted by Crippen LogP contribution is 2.23. The third-order valence-electron chi connectivity index (χ3n) is 3.16. The van der Waals surface area contributed by atoms with Crippen molar-refractivity contribution in [3.05, 3.63) is 29.8 Å². The van der Waals surface area contributed by atoms with Crippen LogP contribution >= 0.6 is 0 Å². The van der Waals surface area contributed by atoms with Crippen molar-refractivity contribution in [3.8, 4) is 0 Å². The second kappa shape index (κ2) is 6.34. The molecule has 0 saturated carbocycles. The van der Waals surface area contributed by atoms with Crippen molar-refractivity contribution in [1.82, 2.24) is 0 Å². The fourth-order valence-corrected chi connectivity index (χ4v) is 3.22. The third kappa shape index (κ3) is 4.93. The van der Waals surface area contributed by atoms with Crippen LogP contribution in [-0.4, -0.2) is 32.3 Å². The molecule has 0 unspecified atom stereocenters. The van der Waals surface area contributed by atoms with Crippen molar-refractivity contribution in [3.63, 3.8) is 0 Å². The van der Waals surface area contributed by atoms with Crippen molar-refractivity contribution in [2.75, 3.05) is 17.1 Å². The number of oxime groups is 1. The maximum atomic E-state index is 12.3. The summed E-state index contributed by atoms with van der Waals surface area (Å²) in [6.45, 7) is 6.02. The van der Waals surface area contributed by atoms with Crippen LogP contribution in [0.3, 0.4) is 0 Å². The topological polar surface area (TPSA) is 96.0 Å². The summed E-state index contributed by atoms with van der Waals surface area (Å²) >= 11 is 0. The molecule has 0 aliphatic rings. The summed E-state index contributed by atoms with van der Waals surface area (Å²) in [5.41, 5.74) is 6.50. The molecule has 0 bridgehead atoms. The zero-order valence-electron chi connectivity index (χ0n) is 12.9.